The zero-order chi connectivity index (χ0) is 20.4. The lowest BCUT2D eigenvalue weighted by Gasteiger charge is -2.54. The predicted octanol–water partition coefficient (Wildman–Crippen LogP) is 1.96. The number of nitrogens with zero attached hydrogens (tertiary/aromatic N) is 4. The number of aliphatic hydroxyl groups excluding tert-OH is 1. The molecule has 2 saturated heterocycles. The van der Waals surface area contributed by atoms with Crippen molar-refractivity contribution < 1.29 is 9.90 Å². The maximum atomic E-state index is 13.2. The SMILES string of the molecule is CN(C)c1ccc(C(=O)N2CC[C@]3(CO)CCCN(Cc4ncc[nH]4)[C@H]3C2)cc1. The first kappa shape index (κ1) is 19.9. The Hall–Kier alpha value is -2.38. The molecule has 2 aromatic rings. The van der Waals surface area contributed by atoms with Crippen LogP contribution in [0.25, 0.3) is 0 Å². The third kappa shape index (κ3) is 3.89. The highest BCUT2D eigenvalue weighted by atomic mass is 16.3. The highest BCUT2D eigenvalue weighted by Gasteiger charge is 2.48. The van der Waals surface area contributed by atoms with E-state index in [1.807, 2.05) is 54.4 Å². The minimum absolute atomic E-state index is 0.0744. The lowest BCUT2D eigenvalue weighted by atomic mass is 9.69. The van der Waals surface area contributed by atoms with Gasteiger partial charge in [-0.3, -0.25) is 9.69 Å². The van der Waals surface area contributed by atoms with Crippen LogP contribution < -0.4 is 4.90 Å². The van der Waals surface area contributed by atoms with Gasteiger partial charge in [-0.05, 0) is 50.1 Å². The van der Waals surface area contributed by atoms with Crippen LogP contribution in [0.15, 0.2) is 36.7 Å². The fourth-order valence-corrected chi connectivity index (χ4v) is 4.90. The van der Waals surface area contributed by atoms with E-state index in [-0.39, 0.29) is 24.0 Å². The molecular weight excluding hydrogens is 366 g/mol. The summed E-state index contributed by atoms with van der Waals surface area (Å²) in [5.74, 6) is 1.01. The number of aliphatic hydroxyl groups is 1. The molecule has 0 unspecified atom stereocenters. The maximum Gasteiger partial charge on any atom is 0.253 e. The lowest BCUT2D eigenvalue weighted by molar-refractivity contribution is -0.0733. The summed E-state index contributed by atoms with van der Waals surface area (Å²) < 4.78 is 0. The number of imidazole rings is 1. The minimum Gasteiger partial charge on any atom is -0.396 e. The number of benzene rings is 1. The molecule has 0 bridgehead atoms. The number of carbonyl (C=O) groups is 1. The largest absolute Gasteiger partial charge is 0.396 e. The van der Waals surface area contributed by atoms with Crippen molar-refractivity contribution in [1.29, 1.82) is 0 Å². The van der Waals surface area contributed by atoms with Gasteiger partial charge < -0.3 is 19.9 Å². The Morgan fingerprint density at radius 1 is 1.28 bits per heavy atom. The molecule has 0 spiro atoms. The van der Waals surface area contributed by atoms with Crippen molar-refractivity contribution in [2.75, 3.05) is 45.2 Å². The van der Waals surface area contributed by atoms with Gasteiger partial charge in [0.1, 0.15) is 5.82 Å². The summed E-state index contributed by atoms with van der Waals surface area (Å²) in [7, 11) is 3.99. The van der Waals surface area contributed by atoms with E-state index >= 15 is 0 Å². The first-order chi connectivity index (χ1) is 14.0. The highest BCUT2D eigenvalue weighted by Crippen LogP contribution is 2.42. The number of anilines is 1. The zero-order valence-electron chi connectivity index (χ0n) is 17.3. The highest BCUT2D eigenvalue weighted by molar-refractivity contribution is 5.94. The maximum absolute atomic E-state index is 13.2. The summed E-state index contributed by atoms with van der Waals surface area (Å²) >= 11 is 0. The van der Waals surface area contributed by atoms with Crippen LogP contribution in [-0.4, -0.2) is 77.2 Å². The first-order valence-electron chi connectivity index (χ1n) is 10.4. The molecule has 4 rings (SSSR count). The average Bonchev–Trinajstić information content (AvgIpc) is 3.26. The second-order valence-electron chi connectivity index (χ2n) is 8.59. The molecule has 3 heterocycles. The number of hydrogen-bond acceptors (Lipinski definition) is 5. The van der Waals surface area contributed by atoms with Crippen LogP contribution in [0.4, 0.5) is 5.69 Å². The van der Waals surface area contributed by atoms with E-state index in [0.29, 0.717) is 13.1 Å². The number of hydrogen-bond donors (Lipinski definition) is 2. The molecule has 2 atom stereocenters. The van der Waals surface area contributed by atoms with Crippen molar-refractivity contribution in [3.63, 3.8) is 0 Å². The number of aromatic nitrogens is 2. The third-order valence-corrected chi connectivity index (χ3v) is 6.68. The van der Waals surface area contributed by atoms with E-state index in [0.717, 1.165) is 49.4 Å². The molecule has 1 aromatic carbocycles. The number of amides is 1. The molecule has 2 N–H and O–H groups in total. The number of fused-ring (bicyclic) bond motifs is 1. The van der Waals surface area contributed by atoms with Crippen molar-refractivity contribution in [2.24, 2.45) is 5.41 Å². The topological polar surface area (TPSA) is 75.7 Å². The van der Waals surface area contributed by atoms with Crippen LogP contribution in [0.3, 0.4) is 0 Å². The second-order valence-corrected chi connectivity index (χ2v) is 8.59. The molecule has 0 aliphatic carbocycles. The van der Waals surface area contributed by atoms with Gasteiger partial charge in [-0.1, -0.05) is 0 Å². The molecule has 7 nitrogen and oxygen atoms in total. The Balaban J connectivity index is 1.53. The smallest absolute Gasteiger partial charge is 0.253 e. The van der Waals surface area contributed by atoms with Crippen LogP contribution in [0, 0.1) is 5.41 Å². The van der Waals surface area contributed by atoms with Crippen LogP contribution >= 0.6 is 0 Å². The molecule has 2 aliphatic rings. The van der Waals surface area contributed by atoms with E-state index in [9.17, 15) is 9.90 Å². The van der Waals surface area contributed by atoms with E-state index in [2.05, 4.69) is 14.9 Å². The van der Waals surface area contributed by atoms with Crippen molar-refractivity contribution in [1.82, 2.24) is 19.8 Å². The summed E-state index contributed by atoms with van der Waals surface area (Å²) in [6, 6.07) is 7.93. The summed E-state index contributed by atoms with van der Waals surface area (Å²) in [5.41, 5.74) is 1.67. The Morgan fingerprint density at radius 2 is 2.07 bits per heavy atom. The number of piperidine rings is 2. The number of H-pyrrole nitrogens is 1. The number of likely N-dealkylation sites (tertiary alicyclic amines) is 2. The van der Waals surface area contributed by atoms with Crippen LogP contribution in [0.5, 0.6) is 0 Å². The molecule has 29 heavy (non-hydrogen) atoms. The Labute approximate surface area is 172 Å². The van der Waals surface area contributed by atoms with Gasteiger partial charge in [0.15, 0.2) is 0 Å². The molecule has 7 heteroatoms. The van der Waals surface area contributed by atoms with Gasteiger partial charge in [0, 0.05) is 62.3 Å². The van der Waals surface area contributed by atoms with Gasteiger partial charge in [0.05, 0.1) is 13.2 Å². The summed E-state index contributed by atoms with van der Waals surface area (Å²) in [4.78, 5) is 27.1. The van der Waals surface area contributed by atoms with Crippen molar-refractivity contribution in [3.8, 4) is 0 Å². The predicted molar refractivity (Wildman–Crippen MR) is 113 cm³/mol. The number of nitrogens with one attached hydrogen (secondary N) is 1. The molecule has 0 radical (unpaired) electrons. The van der Waals surface area contributed by atoms with Crippen LogP contribution in [0.2, 0.25) is 0 Å². The summed E-state index contributed by atoms with van der Waals surface area (Å²) in [6.45, 7) is 3.20. The van der Waals surface area contributed by atoms with Gasteiger partial charge in [0.25, 0.3) is 5.91 Å². The van der Waals surface area contributed by atoms with Crippen molar-refractivity contribution in [2.45, 2.75) is 31.8 Å². The monoisotopic (exact) mass is 397 g/mol. The average molecular weight is 398 g/mol. The fraction of sp³-hybridized carbons (Fsp3) is 0.545. The number of rotatable bonds is 5. The molecule has 2 fully saturated rings. The summed E-state index contributed by atoms with van der Waals surface area (Å²) in [5, 5.41) is 10.3. The molecule has 0 saturated carbocycles. The van der Waals surface area contributed by atoms with Gasteiger partial charge in [-0.15, -0.1) is 0 Å². The van der Waals surface area contributed by atoms with Gasteiger partial charge in [-0.25, -0.2) is 4.98 Å². The molecular formula is C22H31N5O2. The number of carbonyl (C=O) groups excluding carboxylic acids is 1. The number of aromatic amines is 1. The third-order valence-electron chi connectivity index (χ3n) is 6.68. The standard InChI is InChI=1S/C22H31N5O2/c1-25(2)18-6-4-17(5-7-18)21(29)27-13-9-22(16-28)8-3-12-26(19(22)14-27)15-20-23-10-11-24-20/h4-7,10-11,19,28H,3,8-9,12-16H2,1-2H3,(H,23,24)/t19-,22-/m0/s1. The van der Waals surface area contributed by atoms with Crippen LogP contribution in [0.1, 0.15) is 35.4 Å². The van der Waals surface area contributed by atoms with E-state index < -0.39 is 0 Å². The van der Waals surface area contributed by atoms with Crippen LogP contribution in [-0.2, 0) is 6.54 Å². The molecule has 1 aromatic heterocycles. The minimum atomic E-state index is -0.129. The normalized spacial score (nSPS) is 24.9. The van der Waals surface area contributed by atoms with E-state index in [1.165, 1.54) is 0 Å². The van der Waals surface area contributed by atoms with Crippen molar-refractivity contribution >= 4 is 11.6 Å². The lowest BCUT2D eigenvalue weighted by Crippen LogP contribution is -2.63. The first-order valence-corrected chi connectivity index (χ1v) is 10.4. The molecule has 1 amide bonds. The van der Waals surface area contributed by atoms with E-state index in [1.54, 1.807) is 6.20 Å². The van der Waals surface area contributed by atoms with Gasteiger partial charge >= 0.3 is 0 Å². The Kier molecular flexibility index (Phi) is 5.61. The Bertz CT molecular complexity index is 820. The zero-order valence-corrected chi connectivity index (χ0v) is 17.3. The quantitative estimate of drug-likeness (QED) is 0.807. The van der Waals surface area contributed by atoms with Crippen molar-refractivity contribution in [3.05, 3.63) is 48.0 Å². The Morgan fingerprint density at radius 3 is 2.72 bits per heavy atom. The molecule has 2 aliphatic heterocycles. The van der Waals surface area contributed by atoms with E-state index in [4.69, 9.17) is 0 Å². The fourth-order valence-electron chi connectivity index (χ4n) is 4.90. The molecule has 156 valence electrons. The summed E-state index contributed by atoms with van der Waals surface area (Å²) in [6.07, 6.45) is 6.53. The van der Waals surface area contributed by atoms with Gasteiger partial charge in [0.2, 0.25) is 0 Å². The second kappa shape index (κ2) is 8.16. The van der Waals surface area contributed by atoms with Gasteiger partial charge in [-0.2, -0.15) is 0 Å².